The van der Waals surface area contributed by atoms with Crippen LogP contribution in [0.4, 0.5) is 11.4 Å². The molecule has 0 saturated carbocycles. The van der Waals surface area contributed by atoms with Crippen molar-refractivity contribution in [3.05, 3.63) is 97.1 Å². The zero-order chi connectivity index (χ0) is 17.9. The van der Waals surface area contributed by atoms with Crippen LogP contribution in [0.15, 0.2) is 97.1 Å². The molecule has 0 unspecified atom stereocenters. The maximum absolute atomic E-state index is 6.57. The van der Waals surface area contributed by atoms with Gasteiger partial charge in [0.25, 0.3) is 0 Å². The first-order valence-corrected chi connectivity index (χ1v) is 8.64. The van der Waals surface area contributed by atoms with E-state index in [-0.39, 0.29) is 0 Å². The van der Waals surface area contributed by atoms with E-state index in [1.165, 1.54) is 0 Å². The number of rotatable bonds is 3. The number of nitrogen functional groups attached to an aromatic ring is 2. The number of hydrogen-bond donors (Lipinski definition) is 2. The van der Waals surface area contributed by atoms with Gasteiger partial charge in [-0.2, -0.15) is 0 Å². The molecule has 0 atom stereocenters. The molecule has 4 N–H and O–H groups in total. The van der Waals surface area contributed by atoms with E-state index in [1.54, 1.807) is 0 Å². The van der Waals surface area contributed by atoms with Gasteiger partial charge < -0.3 is 11.5 Å². The van der Waals surface area contributed by atoms with Crippen molar-refractivity contribution in [1.29, 1.82) is 0 Å². The zero-order valence-corrected chi connectivity index (χ0v) is 14.4. The van der Waals surface area contributed by atoms with Crippen LogP contribution in [0.5, 0.6) is 0 Å². The first-order chi connectivity index (χ1) is 12.8. The second kappa shape index (κ2) is 6.77. The topological polar surface area (TPSA) is 52.0 Å². The van der Waals surface area contributed by atoms with Gasteiger partial charge in [0, 0.05) is 11.1 Å². The van der Waals surface area contributed by atoms with Crippen molar-refractivity contribution < 1.29 is 0 Å². The molecule has 4 rings (SSSR count). The lowest BCUT2D eigenvalue weighted by Gasteiger charge is -2.19. The monoisotopic (exact) mass is 336 g/mol. The molecule has 4 aromatic carbocycles. The van der Waals surface area contributed by atoms with Crippen LogP contribution in [-0.2, 0) is 0 Å². The summed E-state index contributed by atoms with van der Waals surface area (Å²) in [5, 5.41) is 0. The van der Waals surface area contributed by atoms with E-state index in [1.807, 2.05) is 54.6 Å². The fourth-order valence-corrected chi connectivity index (χ4v) is 3.34. The molecule has 2 nitrogen and oxygen atoms in total. The fourth-order valence-electron chi connectivity index (χ4n) is 3.34. The predicted molar refractivity (Wildman–Crippen MR) is 112 cm³/mol. The minimum Gasteiger partial charge on any atom is -0.397 e. The molecular formula is C24H20N2. The summed E-state index contributed by atoms with van der Waals surface area (Å²) in [5.74, 6) is 0. The number of anilines is 2. The zero-order valence-electron chi connectivity index (χ0n) is 14.4. The lowest BCUT2D eigenvalue weighted by molar-refractivity contribution is 1.55. The summed E-state index contributed by atoms with van der Waals surface area (Å²) in [5.41, 5.74) is 20.6. The maximum atomic E-state index is 6.57. The molecule has 0 aliphatic heterocycles. The van der Waals surface area contributed by atoms with E-state index in [9.17, 15) is 0 Å². The van der Waals surface area contributed by atoms with E-state index >= 15 is 0 Å². The predicted octanol–water partition coefficient (Wildman–Crippen LogP) is 5.85. The van der Waals surface area contributed by atoms with Gasteiger partial charge in [-0.25, -0.2) is 0 Å². The van der Waals surface area contributed by atoms with Crippen LogP contribution in [0, 0.1) is 0 Å². The van der Waals surface area contributed by atoms with Gasteiger partial charge in [-0.05, 0) is 28.3 Å². The molecule has 0 fully saturated rings. The van der Waals surface area contributed by atoms with E-state index in [0.29, 0.717) is 11.4 Å². The molecular weight excluding hydrogens is 316 g/mol. The molecule has 26 heavy (non-hydrogen) atoms. The normalized spacial score (nSPS) is 10.6. The number of benzene rings is 4. The average Bonchev–Trinajstić information content (AvgIpc) is 2.72. The minimum atomic E-state index is 0.620. The van der Waals surface area contributed by atoms with Gasteiger partial charge in [-0.3, -0.25) is 0 Å². The van der Waals surface area contributed by atoms with Crippen molar-refractivity contribution in [3.8, 4) is 33.4 Å². The van der Waals surface area contributed by atoms with Crippen LogP contribution < -0.4 is 11.5 Å². The van der Waals surface area contributed by atoms with Gasteiger partial charge in [-0.15, -0.1) is 0 Å². The van der Waals surface area contributed by atoms with Gasteiger partial charge >= 0.3 is 0 Å². The lowest BCUT2D eigenvalue weighted by atomic mass is 9.88. The molecule has 0 radical (unpaired) electrons. The van der Waals surface area contributed by atoms with Crippen LogP contribution in [-0.4, -0.2) is 0 Å². The van der Waals surface area contributed by atoms with Crippen molar-refractivity contribution >= 4 is 11.4 Å². The summed E-state index contributed by atoms with van der Waals surface area (Å²) in [6.45, 7) is 0. The van der Waals surface area contributed by atoms with Crippen molar-refractivity contribution in [2.45, 2.75) is 0 Å². The van der Waals surface area contributed by atoms with Gasteiger partial charge in [-0.1, -0.05) is 91.0 Å². The van der Waals surface area contributed by atoms with E-state index in [2.05, 4.69) is 42.5 Å². The summed E-state index contributed by atoms with van der Waals surface area (Å²) in [6.07, 6.45) is 0. The molecule has 0 aliphatic rings. The Kier molecular flexibility index (Phi) is 4.16. The average molecular weight is 336 g/mol. The Balaban J connectivity index is 2.05. The van der Waals surface area contributed by atoms with Crippen molar-refractivity contribution in [3.63, 3.8) is 0 Å². The van der Waals surface area contributed by atoms with E-state index < -0.39 is 0 Å². The Morgan fingerprint density at radius 1 is 0.423 bits per heavy atom. The van der Waals surface area contributed by atoms with Crippen LogP contribution in [0.25, 0.3) is 33.4 Å². The summed E-state index contributed by atoms with van der Waals surface area (Å²) in [7, 11) is 0. The Bertz CT molecular complexity index is 1020. The van der Waals surface area contributed by atoms with Crippen molar-refractivity contribution in [1.82, 2.24) is 0 Å². The maximum Gasteiger partial charge on any atom is 0.0640 e. The van der Waals surface area contributed by atoms with Gasteiger partial charge in [0.1, 0.15) is 0 Å². The van der Waals surface area contributed by atoms with Crippen LogP contribution >= 0.6 is 0 Å². The summed E-state index contributed by atoms with van der Waals surface area (Å²) in [6, 6.07) is 32.8. The number of hydrogen-bond acceptors (Lipinski definition) is 2. The Morgan fingerprint density at radius 2 is 0.846 bits per heavy atom. The first kappa shape index (κ1) is 16.0. The first-order valence-electron chi connectivity index (χ1n) is 8.64. The van der Waals surface area contributed by atoms with Gasteiger partial charge in [0.15, 0.2) is 0 Å². The summed E-state index contributed by atoms with van der Waals surface area (Å²) < 4.78 is 0. The highest BCUT2D eigenvalue weighted by atomic mass is 14.7. The highest BCUT2D eigenvalue weighted by Gasteiger charge is 2.17. The quantitative estimate of drug-likeness (QED) is 0.461. The molecule has 0 spiro atoms. The molecule has 0 aliphatic carbocycles. The van der Waals surface area contributed by atoms with Crippen LogP contribution in [0.1, 0.15) is 0 Å². The number of nitrogens with two attached hydrogens (primary N) is 2. The molecule has 0 saturated heterocycles. The minimum absolute atomic E-state index is 0.620. The molecule has 2 heteroatoms. The Hall–Kier alpha value is -3.52. The molecule has 0 bridgehead atoms. The molecule has 4 aromatic rings. The van der Waals surface area contributed by atoms with Crippen LogP contribution in [0.3, 0.4) is 0 Å². The third kappa shape index (κ3) is 2.82. The second-order valence-electron chi connectivity index (χ2n) is 6.27. The second-order valence-corrected chi connectivity index (χ2v) is 6.27. The van der Waals surface area contributed by atoms with Gasteiger partial charge in [0.2, 0.25) is 0 Å². The van der Waals surface area contributed by atoms with Crippen LogP contribution in [0.2, 0.25) is 0 Å². The Labute approximate surface area is 153 Å². The largest absolute Gasteiger partial charge is 0.397 e. The highest BCUT2D eigenvalue weighted by Crippen LogP contribution is 2.44. The molecule has 0 heterocycles. The SMILES string of the molecule is Nc1c(-c2ccccc2)cc(-c2ccccc2)c(-c2ccccc2)c1N. The third-order valence-electron chi connectivity index (χ3n) is 4.64. The Morgan fingerprint density at radius 3 is 1.35 bits per heavy atom. The van der Waals surface area contributed by atoms with Crippen molar-refractivity contribution in [2.24, 2.45) is 0 Å². The van der Waals surface area contributed by atoms with E-state index in [4.69, 9.17) is 11.5 Å². The smallest absolute Gasteiger partial charge is 0.0640 e. The third-order valence-corrected chi connectivity index (χ3v) is 4.64. The van der Waals surface area contributed by atoms with Gasteiger partial charge in [0.05, 0.1) is 11.4 Å². The molecule has 0 amide bonds. The van der Waals surface area contributed by atoms with E-state index in [0.717, 1.165) is 33.4 Å². The lowest BCUT2D eigenvalue weighted by Crippen LogP contribution is -2.02. The summed E-state index contributed by atoms with van der Waals surface area (Å²) in [4.78, 5) is 0. The molecule has 0 aromatic heterocycles. The fraction of sp³-hybridized carbons (Fsp3) is 0. The van der Waals surface area contributed by atoms with Crippen molar-refractivity contribution in [2.75, 3.05) is 11.5 Å². The highest BCUT2D eigenvalue weighted by molar-refractivity contribution is 6.02. The molecule has 126 valence electrons. The standard InChI is InChI=1S/C24H20N2/c25-23-21(18-12-6-2-7-13-18)16-20(17-10-4-1-5-11-17)22(24(23)26)19-14-8-3-9-15-19/h1-16H,25-26H2. The summed E-state index contributed by atoms with van der Waals surface area (Å²) >= 11 is 0.